The minimum absolute atomic E-state index is 0.0108. The number of nitrogens with one attached hydrogen (secondary N) is 1. The normalized spacial score (nSPS) is 19.7. The van der Waals surface area contributed by atoms with Gasteiger partial charge in [-0.25, -0.2) is 9.97 Å². The van der Waals surface area contributed by atoms with E-state index in [9.17, 15) is 4.79 Å². The molecule has 1 aromatic heterocycles. The average Bonchev–Trinajstić information content (AvgIpc) is 2.46. The molecule has 2 heterocycles. The molecule has 1 N–H and O–H groups in total. The zero-order chi connectivity index (χ0) is 13.0. The molecule has 1 saturated heterocycles. The lowest BCUT2D eigenvalue weighted by Gasteiger charge is -2.34. The Morgan fingerprint density at radius 1 is 1.44 bits per heavy atom. The van der Waals surface area contributed by atoms with Gasteiger partial charge in [-0.1, -0.05) is 6.92 Å². The number of hydrogen-bond donors (Lipinski definition) is 1. The Morgan fingerprint density at radius 3 is 2.89 bits per heavy atom. The summed E-state index contributed by atoms with van der Waals surface area (Å²) in [5, 5.41) is 2.89. The van der Waals surface area contributed by atoms with Crippen LogP contribution >= 0.6 is 0 Å². The fourth-order valence-electron chi connectivity index (χ4n) is 2.41. The Balaban J connectivity index is 2.13. The van der Waals surface area contributed by atoms with Crippen LogP contribution in [0.25, 0.3) is 0 Å². The first-order chi connectivity index (χ1) is 8.76. The highest BCUT2D eigenvalue weighted by atomic mass is 16.2. The van der Waals surface area contributed by atoms with Crippen LogP contribution in [0.5, 0.6) is 0 Å². The van der Waals surface area contributed by atoms with Gasteiger partial charge in [-0.2, -0.15) is 0 Å². The number of nitrogens with zero attached hydrogens (tertiary/aromatic N) is 3. The van der Waals surface area contributed by atoms with Gasteiger partial charge in [0, 0.05) is 19.6 Å². The number of aromatic nitrogens is 2. The van der Waals surface area contributed by atoms with Crippen molar-refractivity contribution in [2.45, 2.75) is 38.6 Å². The second-order valence-corrected chi connectivity index (χ2v) is 4.59. The van der Waals surface area contributed by atoms with Crippen molar-refractivity contribution >= 4 is 11.7 Å². The van der Waals surface area contributed by atoms with Crippen LogP contribution in [0.4, 0.5) is 5.82 Å². The molecule has 5 nitrogen and oxygen atoms in total. The van der Waals surface area contributed by atoms with E-state index in [2.05, 4.69) is 22.2 Å². The lowest BCUT2D eigenvalue weighted by molar-refractivity contribution is 0.0601. The van der Waals surface area contributed by atoms with Crippen molar-refractivity contribution in [2.75, 3.05) is 18.9 Å². The van der Waals surface area contributed by atoms with Crippen molar-refractivity contribution in [3.05, 3.63) is 18.1 Å². The molecule has 0 bridgehead atoms. The van der Waals surface area contributed by atoms with Gasteiger partial charge in [0.15, 0.2) is 0 Å². The highest BCUT2D eigenvalue weighted by Crippen LogP contribution is 2.21. The van der Waals surface area contributed by atoms with E-state index < -0.39 is 0 Å². The zero-order valence-corrected chi connectivity index (χ0v) is 11.0. The fourth-order valence-corrected chi connectivity index (χ4v) is 2.41. The van der Waals surface area contributed by atoms with E-state index in [4.69, 9.17) is 0 Å². The Kier molecular flexibility index (Phi) is 4.12. The van der Waals surface area contributed by atoms with Crippen molar-refractivity contribution in [1.82, 2.24) is 14.9 Å². The molecule has 1 atom stereocenters. The molecule has 0 aliphatic carbocycles. The molecular formula is C13H20N4O. The molecule has 0 radical (unpaired) electrons. The molecule has 0 spiro atoms. The summed E-state index contributed by atoms with van der Waals surface area (Å²) in [7, 11) is 1.78. The predicted octanol–water partition coefficient (Wildman–Crippen LogP) is 1.92. The standard InChI is InChI=1S/C13H20N4O/c1-3-10-6-4-5-7-17(10)13(18)11-8-16-12(14-2)9-15-11/h8-10H,3-7H2,1-2H3,(H,14,16). The van der Waals surface area contributed by atoms with Gasteiger partial charge in [0.2, 0.25) is 0 Å². The number of carbonyl (C=O) groups excluding carboxylic acids is 1. The first-order valence-electron chi connectivity index (χ1n) is 6.57. The summed E-state index contributed by atoms with van der Waals surface area (Å²) in [6.45, 7) is 2.97. The third-order valence-electron chi connectivity index (χ3n) is 3.49. The zero-order valence-electron chi connectivity index (χ0n) is 11.0. The van der Waals surface area contributed by atoms with E-state index in [0.717, 1.165) is 25.8 Å². The number of hydrogen-bond acceptors (Lipinski definition) is 4. The number of amides is 1. The average molecular weight is 248 g/mol. The number of likely N-dealkylation sites (tertiary alicyclic amines) is 1. The van der Waals surface area contributed by atoms with Crippen LogP contribution in [0.1, 0.15) is 43.1 Å². The van der Waals surface area contributed by atoms with Gasteiger partial charge in [0.25, 0.3) is 5.91 Å². The van der Waals surface area contributed by atoms with E-state index >= 15 is 0 Å². The van der Waals surface area contributed by atoms with Crippen LogP contribution in [-0.2, 0) is 0 Å². The fraction of sp³-hybridized carbons (Fsp3) is 0.615. The van der Waals surface area contributed by atoms with Gasteiger partial charge in [-0.3, -0.25) is 4.79 Å². The maximum Gasteiger partial charge on any atom is 0.274 e. The smallest absolute Gasteiger partial charge is 0.274 e. The predicted molar refractivity (Wildman–Crippen MR) is 70.5 cm³/mol. The van der Waals surface area contributed by atoms with Crippen molar-refractivity contribution in [3.8, 4) is 0 Å². The van der Waals surface area contributed by atoms with Crippen molar-refractivity contribution < 1.29 is 4.79 Å². The summed E-state index contributed by atoms with van der Waals surface area (Å²) in [5.41, 5.74) is 0.439. The van der Waals surface area contributed by atoms with E-state index in [0.29, 0.717) is 17.6 Å². The number of carbonyl (C=O) groups is 1. The lowest BCUT2D eigenvalue weighted by atomic mass is 10.00. The molecule has 0 aromatic carbocycles. The van der Waals surface area contributed by atoms with Gasteiger partial charge in [-0.15, -0.1) is 0 Å². The number of rotatable bonds is 3. The van der Waals surface area contributed by atoms with Crippen LogP contribution in [0.2, 0.25) is 0 Å². The molecule has 2 rings (SSSR count). The summed E-state index contributed by atoms with van der Waals surface area (Å²) in [6.07, 6.45) is 7.56. The largest absolute Gasteiger partial charge is 0.372 e. The molecule has 1 aromatic rings. The van der Waals surface area contributed by atoms with Gasteiger partial charge in [0.1, 0.15) is 11.5 Å². The molecule has 1 unspecified atom stereocenters. The monoisotopic (exact) mass is 248 g/mol. The molecular weight excluding hydrogens is 228 g/mol. The van der Waals surface area contributed by atoms with Crippen LogP contribution in [0.15, 0.2) is 12.4 Å². The van der Waals surface area contributed by atoms with Crippen LogP contribution in [-0.4, -0.2) is 40.4 Å². The van der Waals surface area contributed by atoms with E-state index in [1.165, 1.54) is 6.42 Å². The van der Waals surface area contributed by atoms with Gasteiger partial charge >= 0.3 is 0 Å². The minimum atomic E-state index is 0.0108. The van der Waals surface area contributed by atoms with E-state index in [1.54, 1.807) is 19.4 Å². The van der Waals surface area contributed by atoms with Gasteiger partial charge in [0.05, 0.1) is 12.4 Å². The van der Waals surface area contributed by atoms with Crippen molar-refractivity contribution in [1.29, 1.82) is 0 Å². The number of piperidine rings is 1. The molecule has 1 aliphatic heterocycles. The maximum absolute atomic E-state index is 12.4. The quantitative estimate of drug-likeness (QED) is 0.888. The molecule has 5 heteroatoms. The summed E-state index contributed by atoms with van der Waals surface area (Å²) >= 11 is 0. The SMILES string of the molecule is CCC1CCCCN1C(=O)c1cnc(NC)cn1. The van der Waals surface area contributed by atoms with Gasteiger partial charge < -0.3 is 10.2 Å². The van der Waals surface area contributed by atoms with Gasteiger partial charge in [-0.05, 0) is 25.7 Å². The second kappa shape index (κ2) is 5.80. The third-order valence-corrected chi connectivity index (χ3v) is 3.49. The second-order valence-electron chi connectivity index (χ2n) is 4.59. The van der Waals surface area contributed by atoms with Crippen LogP contribution in [0.3, 0.4) is 0 Å². The van der Waals surface area contributed by atoms with Crippen molar-refractivity contribution in [3.63, 3.8) is 0 Å². The Labute approximate surface area is 108 Å². The summed E-state index contributed by atoms with van der Waals surface area (Å²) in [5.74, 6) is 0.689. The van der Waals surface area contributed by atoms with Crippen LogP contribution in [0, 0.1) is 0 Å². The number of anilines is 1. The molecule has 1 fully saturated rings. The summed E-state index contributed by atoms with van der Waals surface area (Å²) < 4.78 is 0. The van der Waals surface area contributed by atoms with Crippen molar-refractivity contribution in [2.24, 2.45) is 0 Å². The molecule has 1 aliphatic rings. The van der Waals surface area contributed by atoms with E-state index in [-0.39, 0.29) is 5.91 Å². The summed E-state index contributed by atoms with van der Waals surface area (Å²) in [4.78, 5) is 22.6. The summed E-state index contributed by atoms with van der Waals surface area (Å²) in [6, 6.07) is 0.358. The maximum atomic E-state index is 12.4. The highest BCUT2D eigenvalue weighted by molar-refractivity contribution is 5.92. The highest BCUT2D eigenvalue weighted by Gasteiger charge is 2.26. The molecule has 1 amide bonds. The topological polar surface area (TPSA) is 58.1 Å². The Bertz CT molecular complexity index is 404. The van der Waals surface area contributed by atoms with E-state index in [1.807, 2.05) is 4.90 Å². The molecule has 18 heavy (non-hydrogen) atoms. The Morgan fingerprint density at radius 2 is 2.28 bits per heavy atom. The van der Waals surface area contributed by atoms with Crippen LogP contribution < -0.4 is 5.32 Å². The minimum Gasteiger partial charge on any atom is -0.372 e. The lowest BCUT2D eigenvalue weighted by Crippen LogP contribution is -2.43. The first kappa shape index (κ1) is 12.8. The molecule has 98 valence electrons. The third kappa shape index (κ3) is 2.60. The molecule has 0 saturated carbocycles. The Hall–Kier alpha value is -1.65. The first-order valence-corrected chi connectivity index (χ1v) is 6.57.